The van der Waals surface area contributed by atoms with Gasteiger partial charge in [0, 0.05) is 18.8 Å². The minimum Gasteiger partial charge on any atom is -0.477 e. The number of fused-ring (bicyclic) bond motifs is 1. The molecule has 0 spiro atoms. The van der Waals surface area contributed by atoms with Crippen molar-refractivity contribution in [1.29, 1.82) is 0 Å². The highest BCUT2D eigenvalue weighted by molar-refractivity contribution is 7.92. The Morgan fingerprint density at radius 3 is 2.55 bits per heavy atom. The van der Waals surface area contributed by atoms with Gasteiger partial charge in [0.25, 0.3) is 5.91 Å². The minimum atomic E-state index is -3.94. The number of sulfone groups is 1. The Hall–Kier alpha value is -4.05. The molecule has 2 aromatic rings. The number of rotatable bonds is 6. The maximum absolute atomic E-state index is 12.9. The fourth-order valence-corrected chi connectivity index (χ4v) is 5.56. The molecule has 10 heteroatoms. The minimum absolute atomic E-state index is 0.0453. The van der Waals surface area contributed by atoms with Gasteiger partial charge in [-0.05, 0) is 29.3 Å². The molecule has 0 bridgehead atoms. The molecule has 2 aliphatic heterocycles. The first-order valence-electron chi connectivity index (χ1n) is 9.92. The van der Waals surface area contributed by atoms with Gasteiger partial charge in [-0.15, -0.1) is 0 Å². The molecule has 3 heterocycles. The number of pyridine rings is 1. The van der Waals surface area contributed by atoms with Gasteiger partial charge in [0.1, 0.15) is 5.70 Å². The first-order chi connectivity index (χ1) is 15.8. The number of allylic oxidation sites excluding steroid dienone is 1. The van der Waals surface area contributed by atoms with Crippen LogP contribution in [0.2, 0.25) is 0 Å². The summed E-state index contributed by atoms with van der Waals surface area (Å²) in [5.74, 6) is -3.33. The van der Waals surface area contributed by atoms with Crippen LogP contribution in [0.15, 0.2) is 83.7 Å². The highest BCUT2D eigenvalue weighted by Crippen LogP contribution is 2.41. The highest BCUT2D eigenvalue weighted by atomic mass is 32.2. The maximum atomic E-state index is 12.9. The van der Waals surface area contributed by atoms with Crippen molar-refractivity contribution in [2.75, 3.05) is 5.75 Å². The average molecular weight is 465 g/mol. The molecule has 1 fully saturated rings. The Morgan fingerprint density at radius 1 is 1.15 bits per heavy atom. The van der Waals surface area contributed by atoms with Gasteiger partial charge in [-0.1, -0.05) is 42.5 Å². The number of carbonyl (C=O) groups excluding carboxylic acids is 2. The molecule has 0 saturated carbocycles. The first-order valence-corrected chi connectivity index (χ1v) is 11.6. The van der Waals surface area contributed by atoms with Crippen LogP contribution < -0.4 is 5.32 Å². The normalized spacial score (nSPS) is 20.5. The Bertz CT molecular complexity index is 1310. The van der Waals surface area contributed by atoms with Crippen molar-refractivity contribution in [3.05, 3.63) is 95.0 Å². The number of amides is 2. The number of hydrogen-bond acceptors (Lipinski definition) is 6. The molecule has 2 amide bonds. The number of β-lactam (4-membered cyclic amide) rings is 1. The molecule has 2 aliphatic rings. The van der Waals surface area contributed by atoms with Crippen molar-refractivity contribution in [3.8, 4) is 0 Å². The van der Waals surface area contributed by atoms with Crippen molar-refractivity contribution in [2.45, 2.75) is 11.9 Å². The zero-order valence-electron chi connectivity index (χ0n) is 17.2. The maximum Gasteiger partial charge on any atom is 0.352 e. The summed E-state index contributed by atoms with van der Waals surface area (Å²) in [7, 11) is -3.94. The summed E-state index contributed by atoms with van der Waals surface area (Å²) in [6.07, 6.45) is 5.03. The molecule has 2 N–H and O–H groups in total. The van der Waals surface area contributed by atoms with E-state index in [1.165, 1.54) is 12.3 Å². The van der Waals surface area contributed by atoms with E-state index in [0.29, 0.717) is 5.69 Å². The topological polar surface area (TPSA) is 134 Å². The van der Waals surface area contributed by atoms with Crippen LogP contribution >= 0.6 is 0 Å². The molecule has 1 aromatic carbocycles. The third-order valence-electron chi connectivity index (χ3n) is 5.15. The fourth-order valence-electron chi connectivity index (χ4n) is 3.66. The van der Waals surface area contributed by atoms with E-state index >= 15 is 0 Å². The number of carboxylic acid groups (broad SMARTS) is 1. The fraction of sp³-hybridized carbons (Fsp3) is 0.130. The van der Waals surface area contributed by atoms with E-state index in [0.717, 1.165) is 22.6 Å². The summed E-state index contributed by atoms with van der Waals surface area (Å²) in [6.45, 7) is 0.251. The number of carboxylic acids is 1. The molecule has 168 valence electrons. The van der Waals surface area contributed by atoms with Crippen molar-refractivity contribution in [3.63, 3.8) is 0 Å². The predicted molar refractivity (Wildman–Crippen MR) is 119 cm³/mol. The Morgan fingerprint density at radius 2 is 1.88 bits per heavy atom. The summed E-state index contributed by atoms with van der Waals surface area (Å²) in [4.78, 5) is 41.6. The molecule has 33 heavy (non-hydrogen) atoms. The second-order valence-corrected chi connectivity index (χ2v) is 9.47. The van der Waals surface area contributed by atoms with E-state index in [9.17, 15) is 27.9 Å². The molecule has 0 aliphatic carbocycles. The average Bonchev–Trinajstić information content (AvgIpc) is 2.80. The lowest BCUT2D eigenvalue weighted by atomic mass is 10.0. The molecule has 4 rings (SSSR count). The van der Waals surface area contributed by atoms with Gasteiger partial charge in [-0.25, -0.2) is 13.2 Å². The zero-order chi connectivity index (χ0) is 23.6. The van der Waals surface area contributed by atoms with Gasteiger partial charge in [0.2, 0.25) is 5.91 Å². The third-order valence-corrected chi connectivity index (χ3v) is 7.01. The lowest BCUT2D eigenvalue weighted by Gasteiger charge is -2.45. The van der Waals surface area contributed by atoms with E-state index in [4.69, 9.17) is 0 Å². The summed E-state index contributed by atoms with van der Waals surface area (Å²) < 4.78 is 25.8. The Balaban J connectivity index is 1.59. The molecule has 0 radical (unpaired) electrons. The summed E-state index contributed by atoms with van der Waals surface area (Å²) in [6, 6.07) is 14.1. The number of carbonyl (C=O) groups is 3. The largest absolute Gasteiger partial charge is 0.477 e. The van der Waals surface area contributed by atoms with Gasteiger partial charge in [-0.2, -0.15) is 0 Å². The lowest BCUT2D eigenvalue weighted by molar-refractivity contribution is -0.141. The van der Waals surface area contributed by atoms with E-state index < -0.39 is 44.4 Å². The van der Waals surface area contributed by atoms with Crippen LogP contribution in [0.4, 0.5) is 0 Å². The van der Waals surface area contributed by atoms with Crippen molar-refractivity contribution < 1.29 is 27.9 Å². The predicted octanol–water partition coefficient (Wildman–Crippen LogP) is 1.27. The van der Waals surface area contributed by atoms with Crippen LogP contribution in [0.25, 0.3) is 6.08 Å². The molecule has 9 nitrogen and oxygen atoms in total. The second-order valence-electron chi connectivity index (χ2n) is 7.40. The first kappa shape index (κ1) is 22.2. The molecule has 1 saturated heterocycles. The summed E-state index contributed by atoms with van der Waals surface area (Å²) >= 11 is 0. The van der Waals surface area contributed by atoms with Crippen molar-refractivity contribution in [1.82, 2.24) is 15.2 Å². The van der Waals surface area contributed by atoms with Gasteiger partial charge in [0.05, 0.1) is 17.0 Å². The van der Waals surface area contributed by atoms with Crippen LogP contribution in [0, 0.1) is 0 Å². The van der Waals surface area contributed by atoms with Crippen LogP contribution in [0.3, 0.4) is 0 Å². The SMILES string of the molecule is O=C(/C=C/C1=C(C(=O)O)N2C(=O)/C(=C\c3ccccn3)[C@H]2S(=O)(=O)C1)NCc1ccccc1. The lowest BCUT2D eigenvalue weighted by Crippen LogP contribution is -2.62. The summed E-state index contributed by atoms with van der Waals surface area (Å²) in [5.41, 5.74) is 0.614. The van der Waals surface area contributed by atoms with Gasteiger partial charge < -0.3 is 10.4 Å². The van der Waals surface area contributed by atoms with Gasteiger partial charge in [0.15, 0.2) is 15.2 Å². The highest BCUT2D eigenvalue weighted by Gasteiger charge is 2.56. The molecule has 0 unspecified atom stereocenters. The van der Waals surface area contributed by atoms with Crippen LogP contribution in [-0.2, 0) is 30.8 Å². The molecule has 1 atom stereocenters. The van der Waals surface area contributed by atoms with Crippen LogP contribution in [0.5, 0.6) is 0 Å². The van der Waals surface area contributed by atoms with Crippen LogP contribution in [-0.4, -0.2) is 52.3 Å². The smallest absolute Gasteiger partial charge is 0.352 e. The van der Waals surface area contributed by atoms with E-state index in [2.05, 4.69) is 10.3 Å². The number of benzene rings is 1. The standard InChI is InChI=1S/C23H19N3O6S/c27-19(25-13-15-6-2-1-3-7-15)10-9-16-14-33(31,32)22-18(12-17-8-4-5-11-24-17)21(28)26(22)20(16)23(29)30/h1-12,22H,13-14H2,(H,25,27)(H,29,30)/b10-9+,18-12+/t22-/m1/s1. The monoisotopic (exact) mass is 465 g/mol. The third kappa shape index (κ3) is 4.46. The number of nitrogens with one attached hydrogen (secondary N) is 1. The number of aliphatic carboxylic acids is 1. The van der Waals surface area contributed by atoms with E-state index in [-0.39, 0.29) is 17.7 Å². The number of hydrogen-bond donors (Lipinski definition) is 2. The van der Waals surface area contributed by atoms with Gasteiger partial charge in [-0.3, -0.25) is 19.5 Å². The van der Waals surface area contributed by atoms with Crippen molar-refractivity contribution in [2.24, 2.45) is 0 Å². The number of nitrogens with zero attached hydrogens (tertiary/aromatic N) is 2. The molecular weight excluding hydrogens is 446 g/mol. The van der Waals surface area contributed by atoms with Gasteiger partial charge >= 0.3 is 5.97 Å². The number of aromatic nitrogens is 1. The Kier molecular flexibility index (Phi) is 5.93. The van der Waals surface area contributed by atoms with E-state index in [1.54, 1.807) is 18.2 Å². The zero-order valence-corrected chi connectivity index (χ0v) is 18.0. The summed E-state index contributed by atoms with van der Waals surface area (Å²) in [5, 5.41) is 10.9. The Labute approximate surface area is 189 Å². The van der Waals surface area contributed by atoms with Crippen LogP contribution in [0.1, 0.15) is 11.3 Å². The van der Waals surface area contributed by atoms with Crippen molar-refractivity contribution >= 4 is 33.7 Å². The molecule has 1 aromatic heterocycles. The van der Waals surface area contributed by atoms with E-state index in [1.807, 2.05) is 30.3 Å². The quantitative estimate of drug-likeness (QED) is 0.485. The second kappa shape index (κ2) is 8.83. The molecular formula is C23H19N3O6S.